The highest BCUT2D eigenvalue weighted by atomic mass is 127. The summed E-state index contributed by atoms with van der Waals surface area (Å²) in [5, 5.41) is 1.93. The molecule has 1 saturated heterocycles. The number of thiophene rings is 1. The number of halogens is 1. The van der Waals surface area contributed by atoms with Crippen LogP contribution >= 0.6 is 33.9 Å². The van der Waals surface area contributed by atoms with Crippen molar-refractivity contribution in [3.05, 3.63) is 19.9 Å². The Hall–Kier alpha value is -0.140. The third-order valence-corrected chi connectivity index (χ3v) is 4.86. The quantitative estimate of drug-likeness (QED) is 0.789. The molecule has 2 heterocycles. The molecular formula is C11H15IN2OS. The minimum atomic E-state index is 0.151. The molecule has 1 fully saturated rings. The zero-order chi connectivity index (χ0) is 11.7. The number of nitrogens with two attached hydrogens (primary N) is 1. The van der Waals surface area contributed by atoms with E-state index in [0.717, 1.165) is 28.0 Å². The number of hydrogen-bond acceptors (Lipinski definition) is 3. The highest BCUT2D eigenvalue weighted by molar-refractivity contribution is 14.1. The Morgan fingerprint density at radius 1 is 1.69 bits per heavy atom. The maximum absolute atomic E-state index is 12.2. The maximum atomic E-state index is 12.2. The van der Waals surface area contributed by atoms with Crippen LogP contribution in [0.15, 0.2) is 11.4 Å². The molecule has 0 spiro atoms. The van der Waals surface area contributed by atoms with E-state index in [2.05, 4.69) is 29.5 Å². The van der Waals surface area contributed by atoms with Gasteiger partial charge in [-0.3, -0.25) is 4.79 Å². The van der Waals surface area contributed by atoms with Crippen LogP contribution < -0.4 is 5.73 Å². The van der Waals surface area contributed by atoms with Crippen LogP contribution in [0.4, 0.5) is 0 Å². The smallest absolute Gasteiger partial charge is 0.254 e. The maximum Gasteiger partial charge on any atom is 0.254 e. The van der Waals surface area contributed by atoms with E-state index in [0.29, 0.717) is 5.92 Å². The van der Waals surface area contributed by atoms with Crippen LogP contribution in [0.3, 0.4) is 0 Å². The van der Waals surface area contributed by atoms with Crippen LogP contribution in [0.2, 0.25) is 0 Å². The van der Waals surface area contributed by atoms with Gasteiger partial charge in [-0.25, -0.2) is 0 Å². The lowest BCUT2D eigenvalue weighted by atomic mass is 9.94. The van der Waals surface area contributed by atoms with Crippen LogP contribution in [0.25, 0.3) is 0 Å². The van der Waals surface area contributed by atoms with Crippen LogP contribution in [0, 0.1) is 8.80 Å². The van der Waals surface area contributed by atoms with Crippen LogP contribution in [0.1, 0.15) is 23.7 Å². The van der Waals surface area contributed by atoms with Gasteiger partial charge < -0.3 is 10.6 Å². The second-order valence-corrected chi connectivity index (χ2v) is 7.13. The SMILES string of the molecule is CC1CN(C(=O)c2csc(I)c2)CCC1N. The molecule has 5 heteroatoms. The van der Waals surface area contributed by atoms with E-state index in [1.807, 2.05) is 16.3 Å². The van der Waals surface area contributed by atoms with Crippen LogP contribution in [-0.4, -0.2) is 29.9 Å². The molecule has 1 aromatic rings. The van der Waals surface area contributed by atoms with Gasteiger partial charge in [-0.15, -0.1) is 11.3 Å². The Morgan fingerprint density at radius 3 is 3.00 bits per heavy atom. The number of rotatable bonds is 1. The summed E-state index contributed by atoms with van der Waals surface area (Å²) in [5.74, 6) is 0.549. The summed E-state index contributed by atoms with van der Waals surface area (Å²) in [7, 11) is 0. The first kappa shape index (κ1) is 12.3. The molecule has 0 bridgehead atoms. The summed E-state index contributed by atoms with van der Waals surface area (Å²) < 4.78 is 1.16. The molecule has 1 aromatic heterocycles. The van der Waals surface area contributed by atoms with E-state index in [9.17, 15) is 4.79 Å². The van der Waals surface area contributed by atoms with E-state index < -0.39 is 0 Å². The largest absolute Gasteiger partial charge is 0.338 e. The van der Waals surface area contributed by atoms with Gasteiger partial charge in [0, 0.05) is 24.5 Å². The minimum absolute atomic E-state index is 0.151. The average Bonchev–Trinajstić information content (AvgIpc) is 2.68. The van der Waals surface area contributed by atoms with Crippen molar-refractivity contribution in [3.63, 3.8) is 0 Å². The average molecular weight is 350 g/mol. The zero-order valence-corrected chi connectivity index (χ0v) is 12.1. The fourth-order valence-electron chi connectivity index (χ4n) is 1.95. The summed E-state index contributed by atoms with van der Waals surface area (Å²) in [6, 6.07) is 2.19. The molecule has 0 aromatic carbocycles. The highest BCUT2D eigenvalue weighted by Crippen LogP contribution is 2.21. The van der Waals surface area contributed by atoms with Crippen molar-refractivity contribution in [1.29, 1.82) is 0 Å². The Labute approximate surface area is 113 Å². The molecule has 1 aliphatic rings. The lowest BCUT2D eigenvalue weighted by molar-refractivity contribution is 0.0664. The van der Waals surface area contributed by atoms with Gasteiger partial charge in [0.2, 0.25) is 0 Å². The van der Waals surface area contributed by atoms with E-state index in [4.69, 9.17) is 5.73 Å². The van der Waals surface area contributed by atoms with Gasteiger partial charge in [0.1, 0.15) is 0 Å². The predicted molar refractivity (Wildman–Crippen MR) is 74.7 cm³/mol. The molecule has 3 nitrogen and oxygen atoms in total. The van der Waals surface area contributed by atoms with Gasteiger partial charge in [0.05, 0.1) is 8.45 Å². The van der Waals surface area contributed by atoms with Crippen LogP contribution in [-0.2, 0) is 0 Å². The lowest BCUT2D eigenvalue weighted by Crippen LogP contribution is -2.48. The number of carbonyl (C=O) groups is 1. The lowest BCUT2D eigenvalue weighted by Gasteiger charge is -2.34. The fraction of sp³-hybridized carbons (Fsp3) is 0.545. The molecule has 2 atom stereocenters. The predicted octanol–water partition coefficient (Wildman–Crippen LogP) is 2.16. The first-order chi connectivity index (χ1) is 7.58. The first-order valence-electron chi connectivity index (χ1n) is 5.37. The Morgan fingerprint density at radius 2 is 2.44 bits per heavy atom. The van der Waals surface area contributed by atoms with Gasteiger partial charge in [-0.1, -0.05) is 6.92 Å². The van der Waals surface area contributed by atoms with Crippen molar-refractivity contribution < 1.29 is 4.79 Å². The fourth-order valence-corrected chi connectivity index (χ4v) is 3.27. The van der Waals surface area contributed by atoms with Crippen molar-refractivity contribution in [3.8, 4) is 0 Å². The normalized spacial score (nSPS) is 25.8. The number of likely N-dealkylation sites (tertiary alicyclic amines) is 1. The summed E-state index contributed by atoms with van der Waals surface area (Å²) in [6.45, 7) is 3.69. The van der Waals surface area contributed by atoms with Gasteiger partial charge in [-0.2, -0.15) is 0 Å². The third-order valence-electron chi connectivity index (χ3n) is 3.07. The van der Waals surface area contributed by atoms with Gasteiger partial charge >= 0.3 is 0 Å². The second-order valence-electron chi connectivity index (χ2n) is 4.32. The minimum Gasteiger partial charge on any atom is -0.338 e. The van der Waals surface area contributed by atoms with E-state index in [1.165, 1.54) is 0 Å². The summed E-state index contributed by atoms with van der Waals surface area (Å²) in [4.78, 5) is 14.1. The molecule has 2 N–H and O–H groups in total. The number of nitrogens with zero attached hydrogens (tertiary/aromatic N) is 1. The topological polar surface area (TPSA) is 46.3 Å². The van der Waals surface area contributed by atoms with Gasteiger partial charge in [0.25, 0.3) is 5.91 Å². The first-order valence-corrected chi connectivity index (χ1v) is 7.32. The van der Waals surface area contributed by atoms with E-state index in [-0.39, 0.29) is 11.9 Å². The van der Waals surface area contributed by atoms with Crippen molar-refractivity contribution in [2.45, 2.75) is 19.4 Å². The molecule has 0 aliphatic carbocycles. The van der Waals surface area contributed by atoms with Crippen molar-refractivity contribution >= 4 is 39.8 Å². The molecule has 0 saturated carbocycles. The summed E-state index contributed by atoms with van der Waals surface area (Å²) in [6.07, 6.45) is 0.911. The standard InChI is InChI=1S/C11H15IN2OS/c1-7-5-14(3-2-9(7)13)11(15)8-4-10(12)16-6-8/h4,6-7,9H,2-3,5,13H2,1H3. The van der Waals surface area contributed by atoms with Crippen molar-refractivity contribution in [2.75, 3.05) is 13.1 Å². The molecular weight excluding hydrogens is 335 g/mol. The van der Waals surface area contributed by atoms with E-state index >= 15 is 0 Å². The van der Waals surface area contributed by atoms with Crippen molar-refractivity contribution in [2.24, 2.45) is 11.7 Å². The van der Waals surface area contributed by atoms with Crippen LogP contribution in [0.5, 0.6) is 0 Å². The van der Waals surface area contributed by atoms with Crippen molar-refractivity contribution in [1.82, 2.24) is 4.90 Å². The summed E-state index contributed by atoms with van der Waals surface area (Å²) in [5.41, 5.74) is 6.76. The number of hydrogen-bond donors (Lipinski definition) is 1. The summed E-state index contributed by atoms with van der Waals surface area (Å²) >= 11 is 3.85. The molecule has 2 rings (SSSR count). The highest BCUT2D eigenvalue weighted by Gasteiger charge is 2.27. The van der Waals surface area contributed by atoms with Gasteiger partial charge in [0.15, 0.2) is 0 Å². The molecule has 88 valence electrons. The molecule has 1 aliphatic heterocycles. The Balaban J connectivity index is 2.06. The van der Waals surface area contributed by atoms with E-state index in [1.54, 1.807) is 11.3 Å². The molecule has 1 amide bonds. The third kappa shape index (κ3) is 2.57. The Bertz CT molecular complexity index is 393. The number of piperidine rings is 1. The monoisotopic (exact) mass is 350 g/mol. The number of carbonyl (C=O) groups excluding carboxylic acids is 1. The zero-order valence-electron chi connectivity index (χ0n) is 9.15. The Kier molecular flexibility index (Phi) is 3.86. The number of amides is 1. The molecule has 16 heavy (non-hydrogen) atoms. The van der Waals surface area contributed by atoms with Gasteiger partial charge in [-0.05, 0) is 41.0 Å². The second kappa shape index (κ2) is 5.01. The molecule has 2 unspecified atom stereocenters. The molecule has 0 radical (unpaired) electrons.